The molecule has 112 valence electrons. The Balaban J connectivity index is 2.44. The Labute approximate surface area is 130 Å². The number of sulfonamides is 1. The third-order valence-electron chi connectivity index (χ3n) is 2.86. The Hall–Kier alpha value is -1.87. The monoisotopic (exact) mass is 372 g/mol. The number of hydrogen-bond acceptors (Lipinski definition) is 4. The number of amides is 1. The standard InChI is InChI=1S/C12H13BrN4O3S/c1-6-5-8(3-4-9(6)13)21(19,20)17-10-7(2)15-16-11(10)12(14)18/h3-5,17H,1-2H3,(H2,14,18)(H,15,16). The van der Waals surface area contributed by atoms with E-state index in [4.69, 9.17) is 5.73 Å². The number of nitrogens with zero attached hydrogens (tertiary/aromatic N) is 1. The number of nitrogens with one attached hydrogen (secondary N) is 2. The average Bonchev–Trinajstić information content (AvgIpc) is 2.74. The maximum Gasteiger partial charge on any atom is 0.271 e. The highest BCUT2D eigenvalue weighted by molar-refractivity contribution is 9.10. The Morgan fingerprint density at radius 3 is 2.62 bits per heavy atom. The third-order valence-corrected chi connectivity index (χ3v) is 5.09. The minimum Gasteiger partial charge on any atom is -0.364 e. The molecule has 7 nitrogen and oxygen atoms in total. The van der Waals surface area contributed by atoms with Crippen molar-refractivity contribution in [2.24, 2.45) is 5.73 Å². The van der Waals surface area contributed by atoms with Gasteiger partial charge in [-0.2, -0.15) is 5.10 Å². The van der Waals surface area contributed by atoms with Gasteiger partial charge in [0.2, 0.25) is 0 Å². The number of hydrogen-bond donors (Lipinski definition) is 3. The number of nitrogens with two attached hydrogens (primary N) is 1. The minimum absolute atomic E-state index is 0.0584. The summed E-state index contributed by atoms with van der Waals surface area (Å²) in [5.74, 6) is -0.816. The quantitative estimate of drug-likeness (QED) is 0.756. The molecule has 0 aliphatic rings. The molecule has 1 aromatic carbocycles. The van der Waals surface area contributed by atoms with Gasteiger partial charge >= 0.3 is 0 Å². The van der Waals surface area contributed by atoms with Gasteiger partial charge in [-0.15, -0.1) is 0 Å². The van der Waals surface area contributed by atoms with Crippen LogP contribution in [-0.2, 0) is 10.0 Å². The molecule has 9 heteroatoms. The van der Waals surface area contributed by atoms with Crippen LogP contribution in [0.25, 0.3) is 0 Å². The third kappa shape index (κ3) is 3.08. The van der Waals surface area contributed by atoms with E-state index in [1.54, 1.807) is 19.9 Å². The smallest absolute Gasteiger partial charge is 0.271 e. The fourth-order valence-corrected chi connectivity index (χ4v) is 3.17. The van der Waals surface area contributed by atoms with Crippen molar-refractivity contribution < 1.29 is 13.2 Å². The fourth-order valence-electron chi connectivity index (χ4n) is 1.71. The summed E-state index contributed by atoms with van der Waals surface area (Å²) in [5, 5.41) is 6.22. The number of aromatic amines is 1. The molecule has 0 unspecified atom stereocenters. The molecule has 2 rings (SSSR count). The molecule has 0 aliphatic heterocycles. The molecular formula is C12H13BrN4O3S. The van der Waals surface area contributed by atoms with E-state index >= 15 is 0 Å². The van der Waals surface area contributed by atoms with E-state index in [0.29, 0.717) is 5.69 Å². The summed E-state index contributed by atoms with van der Waals surface area (Å²) in [4.78, 5) is 11.3. The summed E-state index contributed by atoms with van der Waals surface area (Å²) in [6.07, 6.45) is 0. The molecule has 0 bridgehead atoms. The summed E-state index contributed by atoms with van der Waals surface area (Å²) in [5.41, 5.74) is 6.26. The lowest BCUT2D eigenvalue weighted by molar-refractivity contribution is 0.0996. The number of carbonyl (C=O) groups is 1. The largest absolute Gasteiger partial charge is 0.364 e. The van der Waals surface area contributed by atoms with Gasteiger partial charge in [-0.25, -0.2) is 8.42 Å². The van der Waals surface area contributed by atoms with Crippen LogP contribution in [0.1, 0.15) is 21.7 Å². The molecule has 0 spiro atoms. The number of carbonyl (C=O) groups excluding carboxylic acids is 1. The van der Waals surface area contributed by atoms with Gasteiger partial charge in [0.15, 0.2) is 5.69 Å². The Bertz CT molecular complexity index is 814. The fraction of sp³-hybridized carbons (Fsp3) is 0.167. The molecule has 0 fully saturated rings. The molecule has 0 atom stereocenters. The lowest BCUT2D eigenvalue weighted by atomic mass is 10.2. The van der Waals surface area contributed by atoms with Crippen molar-refractivity contribution >= 4 is 37.5 Å². The van der Waals surface area contributed by atoms with E-state index in [-0.39, 0.29) is 16.3 Å². The zero-order chi connectivity index (χ0) is 15.8. The first-order valence-corrected chi connectivity index (χ1v) is 8.13. The van der Waals surface area contributed by atoms with Crippen LogP contribution >= 0.6 is 15.9 Å². The van der Waals surface area contributed by atoms with Gasteiger partial charge in [0, 0.05) is 4.47 Å². The normalized spacial score (nSPS) is 11.4. The van der Waals surface area contributed by atoms with Crippen molar-refractivity contribution in [3.05, 3.63) is 39.6 Å². The number of H-pyrrole nitrogens is 1. The maximum absolute atomic E-state index is 12.4. The molecular weight excluding hydrogens is 360 g/mol. The first-order chi connectivity index (χ1) is 9.72. The lowest BCUT2D eigenvalue weighted by Gasteiger charge is -2.09. The predicted octanol–water partition coefficient (Wildman–Crippen LogP) is 1.69. The van der Waals surface area contributed by atoms with Gasteiger partial charge in [0.25, 0.3) is 15.9 Å². The van der Waals surface area contributed by atoms with Gasteiger partial charge in [0.05, 0.1) is 10.6 Å². The Kier molecular flexibility index (Phi) is 4.06. The predicted molar refractivity (Wildman–Crippen MR) is 81.5 cm³/mol. The molecule has 1 amide bonds. The maximum atomic E-state index is 12.4. The van der Waals surface area contributed by atoms with Crippen molar-refractivity contribution in [3.63, 3.8) is 0 Å². The highest BCUT2D eigenvalue weighted by Crippen LogP contribution is 2.24. The zero-order valence-corrected chi connectivity index (χ0v) is 13.7. The number of aryl methyl sites for hydroxylation is 2. The second-order valence-corrected chi connectivity index (χ2v) is 6.99. The number of halogens is 1. The first kappa shape index (κ1) is 15.5. The molecule has 0 radical (unpaired) electrons. The molecule has 0 aliphatic carbocycles. The zero-order valence-electron chi connectivity index (χ0n) is 11.3. The van der Waals surface area contributed by atoms with Crippen molar-refractivity contribution in [3.8, 4) is 0 Å². The van der Waals surface area contributed by atoms with Crippen molar-refractivity contribution in [2.45, 2.75) is 18.7 Å². The molecule has 0 saturated carbocycles. The van der Waals surface area contributed by atoms with Crippen LogP contribution in [0.15, 0.2) is 27.6 Å². The highest BCUT2D eigenvalue weighted by Gasteiger charge is 2.22. The topological polar surface area (TPSA) is 118 Å². The summed E-state index contributed by atoms with van der Waals surface area (Å²) >= 11 is 3.31. The Morgan fingerprint density at radius 2 is 2.05 bits per heavy atom. The van der Waals surface area contributed by atoms with E-state index < -0.39 is 15.9 Å². The number of benzene rings is 1. The van der Waals surface area contributed by atoms with Crippen LogP contribution in [0.2, 0.25) is 0 Å². The van der Waals surface area contributed by atoms with E-state index in [0.717, 1.165) is 10.0 Å². The van der Waals surface area contributed by atoms with Gasteiger partial charge in [-0.05, 0) is 37.6 Å². The van der Waals surface area contributed by atoms with Crippen molar-refractivity contribution in [1.82, 2.24) is 10.2 Å². The summed E-state index contributed by atoms with van der Waals surface area (Å²) in [6, 6.07) is 4.62. The number of aromatic nitrogens is 2. The molecule has 0 saturated heterocycles. The van der Waals surface area contributed by atoms with Gasteiger partial charge in [-0.1, -0.05) is 15.9 Å². The van der Waals surface area contributed by atoms with Gasteiger partial charge in [-0.3, -0.25) is 14.6 Å². The Morgan fingerprint density at radius 1 is 1.38 bits per heavy atom. The van der Waals surface area contributed by atoms with Crippen molar-refractivity contribution in [2.75, 3.05) is 4.72 Å². The van der Waals surface area contributed by atoms with Crippen LogP contribution < -0.4 is 10.5 Å². The second kappa shape index (κ2) is 5.49. The summed E-state index contributed by atoms with van der Waals surface area (Å²) in [6.45, 7) is 3.37. The van der Waals surface area contributed by atoms with Gasteiger partial charge < -0.3 is 5.73 Å². The lowest BCUT2D eigenvalue weighted by Crippen LogP contribution is -2.18. The second-order valence-electron chi connectivity index (χ2n) is 4.45. The van der Waals surface area contributed by atoms with E-state index in [1.165, 1.54) is 12.1 Å². The highest BCUT2D eigenvalue weighted by atomic mass is 79.9. The SMILES string of the molecule is Cc1cc(S(=O)(=O)Nc2c(C(N)=O)n[nH]c2C)ccc1Br. The van der Waals surface area contributed by atoms with Crippen LogP contribution in [0.3, 0.4) is 0 Å². The average molecular weight is 373 g/mol. The molecule has 2 aromatic rings. The molecule has 1 aromatic heterocycles. The number of primary amides is 1. The van der Waals surface area contributed by atoms with Crippen molar-refractivity contribution in [1.29, 1.82) is 0 Å². The molecule has 1 heterocycles. The van der Waals surface area contributed by atoms with E-state index in [2.05, 4.69) is 30.8 Å². The molecule has 21 heavy (non-hydrogen) atoms. The number of rotatable bonds is 4. The van der Waals surface area contributed by atoms with Crippen LogP contribution in [0.5, 0.6) is 0 Å². The molecule has 4 N–H and O–H groups in total. The van der Waals surface area contributed by atoms with E-state index in [1.807, 2.05) is 0 Å². The first-order valence-electron chi connectivity index (χ1n) is 5.86. The van der Waals surface area contributed by atoms with Crippen LogP contribution in [0.4, 0.5) is 5.69 Å². The van der Waals surface area contributed by atoms with Crippen LogP contribution in [0, 0.1) is 13.8 Å². The van der Waals surface area contributed by atoms with E-state index in [9.17, 15) is 13.2 Å². The minimum atomic E-state index is -3.84. The van der Waals surface area contributed by atoms with Crippen LogP contribution in [-0.4, -0.2) is 24.5 Å². The number of anilines is 1. The summed E-state index contributed by atoms with van der Waals surface area (Å²) < 4.78 is 27.9. The van der Waals surface area contributed by atoms with Gasteiger partial charge in [0.1, 0.15) is 5.69 Å². The summed E-state index contributed by atoms with van der Waals surface area (Å²) in [7, 11) is -3.84.